The fraction of sp³-hybridized carbons (Fsp3) is 0.571. The maximum absolute atomic E-state index is 12.1. The molecular weight excluding hydrogens is 300 g/mol. The summed E-state index contributed by atoms with van der Waals surface area (Å²) in [5.41, 5.74) is 1.09. The van der Waals surface area contributed by atoms with Gasteiger partial charge in [0.05, 0.1) is 5.69 Å². The van der Waals surface area contributed by atoms with E-state index in [9.17, 15) is 4.79 Å². The molecule has 0 spiro atoms. The van der Waals surface area contributed by atoms with Crippen LogP contribution in [0.3, 0.4) is 0 Å². The fourth-order valence-corrected chi connectivity index (χ4v) is 3.89. The Bertz CT molecular complexity index is 736. The second kappa shape index (κ2) is 5.13. The molecule has 0 radical (unpaired) electrons. The summed E-state index contributed by atoms with van der Waals surface area (Å²) in [6.07, 6.45) is 1.52. The number of carbonyl (C=O) groups excluding carboxylic acids is 1. The summed E-state index contributed by atoms with van der Waals surface area (Å²) in [6.45, 7) is 6.48. The van der Waals surface area contributed by atoms with Gasteiger partial charge in [0.2, 0.25) is 5.91 Å². The number of amides is 1. The number of hydrogen-bond donors (Lipinski definition) is 1. The van der Waals surface area contributed by atoms with E-state index in [-0.39, 0.29) is 11.9 Å². The highest BCUT2D eigenvalue weighted by atomic mass is 32.1. The fourth-order valence-electron chi connectivity index (χ4n) is 3.22. The molecule has 1 amide bonds. The molecule has 4 rings (SSSR count). The molecule has 2 aliphatic rings. The van der Waals surface area contributed by atoms with Crippen molar-refractivity contribution >= 4 is 23.3 Å². The Morgan fingerprint density at radius 1 is 1.32 bits per heavy atom. The van der Waals surface area contributed by atoms with Crippen molar-refractivity contribution < 1.29 is 4.79 Å². The quantitative estimate of drug-likeness (QED) is 0.908. The van der Waals surface area contributed by atoms with Crippen LogP contribution in [0.4, 0.5) is 5.82 Å². The molecule has 0 saturated carbocycles. The molecular formula is C14H18N6OS. The number of imidazole rings is 1. The molecule has 22 heavy (non-hydrogen) atoms. The summed E-state index contributed by atoms with van der Waals surface area (Å²) in [4.78, 5) is 23.2. The van der Waals surface area contributed by atoms with Crippen LogP contribution in [0, 0.1) is 6.92 Å². The summed E-state index contributed by atoms with van der Waals surface area (Å²) in [7, 11) is 0. The molecule has 7 nitrogen and oxygen atoms in total. The van der Waals surface area contributed by atoms with Gasteiger partial charge in [0.15, 0.2) is 16.6 Å². The maximum atomic E-state index is 12.1. The lowest BCUT2D eigenvalue weighted by Crippen LogP contribution is -2.34. The number of hydrogen-bond acceptors (Lipinski definition) is 6. The van der Waals surface area contributed by atoms with Crippen LogP contribution in [0.5, 0.6) is 0 Å². The van der Waals surface area contributed by atoms with Crippen LogP contribution >= 0.6 is 11.5 Å². The predicted octanol–water partition coefficient (Wildman–Crippen LogP) is 1.50. The Morgan fingerprint density at radius 3 is 2.86 bits per heavy atom. The minimum atomic E-state index is 0.165. The second-order valence-corrected chi connectivity index (χ2v) is 6.52. The van der Waals surface area contributed by atoms with Crippen molar-refractivity contribution in [3.05, 3.63) is 11.5 Å². The van der Waals surface area contributed by atoms with E-state index in [0.29, 0.717) is 6.42 Å². The van der Waals surface area contributed by atoms with Crippen LogP contribution in [0.1, 0.15) is 37.3 Å². The zero-order valence-electron chi connectivity index (χ0n) is 12.7. The minimum Gasteiger partial charge on any atom is -0.321 e. The standard InChI is InChI=1S/C14H18N6OS/c1-8-11-12(19-6-3-4-10(19)21)17-13(20(11)7-5-15-8)14-16-9(2)18-22-14/h8,15H,3-7H2,1-2H3. The average molecular weight is 318 g/mol. The van der Waals surface area contributed by atoms with Gasteiger partial charge in [-0.3, -0.25) is 9.69 Å². The first-order valence-electron chi connectivity index (χ1n) is 7.60. The van der Waals surface area contributed by atoms with Crippen molar-refractivity contribution in [2.45, 2.75) is 39.3 Å². The summed E-state index contributed by atoms with van der Waals surface area (Å²) < 4.78 is 6.46. The van der Waals surface area contributed by atoms with E-state index in [1.165, 1.54) is 11.5 Å². The average Bonchev–Trinajstić information content (AvgIpc) is 3.17. The van der Waals surface area contributed by atoms with Crippen molar-refractivity contribution in [2.24, 2.45) is 0 Å². The number of fused-ring (bicyclic) bond motifs is 1. The Hall–Kier alpha value is -1.80. The number of aromatic nitrogens is 4. The van der Waals surface area contributed by atoms with Gasteiger partial charge in [0.1, 0.15) is 5.82 Å². The molecule has 1 unspecified atom stereocenters. The van der Waals surface area contributed by atoms with Gasteiger partial charge in [0.25, 0.3) is 0 Å². The Labute approximate surface area is 132 Å². The summed E-state index contributed by atoms with van der Waals surface area (Å²) in [5.74, 6) is 2.56. The van der Waals surface area contributed by atoms with Crippen LogP contribution in [0.25, 0.3) is 10.8 Å². The summed E-state index contributed by atoms with van der Waals surface area (Å²) in [6, 6.07) is 0.174. The zero-order chi connectivity index (χ0) is 15.3. The molecule has 4 heterocycles. The van der Waals surface area contributed by atoms with Gasteiger partial charge < -0.3 is 9.88 Å². The van der Waals surface area contributed by atoms with Crippen molar-refractivity contribution in [3.63, 3.8) is 0 Å². The lowest BCUT2D eigenvalue weighted by molar-refractivity contribution is -0.117. The van der Waals surface area contributed by atoms with Gasteiger partial charge in [-0.25, -0.2) is 9.97 Å². The monoisotopic (exact) mass is 318 g/mol. The van der Waals surface area contributed by atoms with E-state index < -0.39 is 0 Å². The molecule has 1 atom stereocenters. The maximum Gasteiger partial charge on any atom is 0.228 e. The van der Waals surface area contributed by atoms with E-state index in [1.54, 1.807) is 0 Å². The van der Waals surface area contributed by atoms with Crippen LogP contribution in [0.15, 0.2) is 0 Å². The van der Waals surface area contributed by atoms with Crippen molar-refractivity contribution in [1.29, 1.82) is 0 Å². The van der Waals surface area contributed by atoms with Gasteiger partial charge >= 0.3 is 0 Å². The smallest absolute Gasteiger partial charge is 0.228 e. The normalized spacial score (nSPS) is 21.5. The number of nitrogens with zero attached hydrogens (tertiary/aromatic N) is 5. The SMILES string of the molecule is Cc1nsc(-c2nc(N3CCCC3=O)c3n2CCNC3C)n1. The van der Waals surface area contributed by atoms with E-state index in [4.69, 9.17) is 4.98 Å². The van der Waals surface area contributed by atoms with Gasteiger partial charge in [0, 0.05) is 32.1 Å². The third kappa shape index (κ3) is 2.05. The number of nitrogens with one attached hydrogen (secondary N) is 1. The summed E-state index contributed by atoms with van der Waals surface area (Å²) in [5, 5.41) is 4.28. The van der Waals surface area contributed by atoms with Crippen molar-refractivity contribution in [2.75, 3.05) is 18.0 Å². The molecule has 2 aromatic rings. The van der Waals surface area contributed by atoms with Crippen LogP contribution < -0.4 is 10.2 Å². The van der Waals surface area contributed by atoms with Gasteiger partial charge in [-0.1, -0.05) is 0 Å². The Morgan fingerprint density at radius 2 is 2.18 bits per heavy atom. The molecule has 0 aromatic carbocycles. The number of rotatable bonds is 2. The van der Waals surface area contributed by atoms with Gasteiger partial charge in [-0.05, 0) is 31.8 Å². The largest absolute Gasteiger partial charge is 0.321 e. The van der Waals surface area contributed by atoms with Crippen molar-refractivity contribution in [3.8, 4) is 10.8 Å². The summed E-state index contributed by atoms with van der Waals surface area (Å²) >= 11 is 1.37. The van der Waals surface area contributed by atoms with E-state index in [1.807, 2.05) is 11.8 Å². The minimum absolute atomic E-state index is 0.165. The van der Waals surface area contributed by atoms with Crippen LogP contribution in [-0.4, -0.2) is 37.9 Å². The zero-order valence-corrected chi connectivity index (χ0v) is 13.5. The lowest BCUT2D eigenvalue weighted by atomic mass is 10.2. The Balaban J connectivity index is 1.88. The van der Waals surface area contributed by atoms with E-state index >= 15 is 0 Å². The van der Waals surface area contributed by atoms with Gasteiger partial charge in [-0.15, -0.1) is 0 Å². The van der Waals surface area contributed by atoms with E-state index in [2.05, 4.69) is 26.2 Å². The van der Waals surface area contributed by atoms with Gasteiger partial charge in [-0.2, -0.15) is 4.37 Å². The topological polar surface area (TPSA) is 75.9 Å². The molecule has 0 aliphatic carbocycles. The van der Waals surface area contributed by atoms with E-state index in [0.717, 1.165) is 54.2 Å². The highest BCUT2D eigenvalue weighted by Crippen LogP contribution is 2.35. The highest BCUT2D eigenvalue weighted by molar-refractivity contribution is 7.09. The molecule has 2 aromatic heterocycles. The van der Waals surface area contributed by atoms with Crippen LogP contribution in [-0.2, 0) is 11.3 Å². The second-order valence-electron chi connectivity index (χ2n) is 5.77. The first-order chi connectivity index (χ1) is 10.6. The lowest BCUT2D eigenvalue weighted by Gasteiger charge is -2.26. The molecule has 1 N–H and O–H groups in total. The highest BCUT2D eigenvalue weighted by Gasteiger charge is 2.33. The molecule has 1 saturated heterocycles. The first-order valence-corrected chi connectivity index (χ1v) is 8.37. The molecule has 8 heteroatoms. The third-order valence-corrected chi connectivity index (χ3v) is 5.03. The predicted molar refractivity (Wildman–Crippen MR) is 83.9 cm³/mol. The first kappa shape index (κ1) is 13.8. The van der Waals surface area contributed by atoms with Crippen LogP contribution in [0.2, 0.25) is 0 Å². The molecule has 116 valence electrons. The number of aryl methyl sites for hydroxylation is 1. The third-order valence-electron chi connectivity index (χ3n) is 4.23. The Kier molecular flexibility index (Phi) is 3.23. The molecule has 1 fully saturated rings. The number of anilines is 1. The van der Waals surface area contributed by atoms with Crippen molar-refractivity contribution in [1.82, 2.24) is 24.2 Å². The molecule has 2 aliphatic heterocycles. The number of carbonyl (C=O) groups is 1. The molecule has 0 bridgehead atoms.